The van der Waals surface area contributed by atoms with Crippen molar-refractivity contribution < 1.29 is 8.78 Å². The van der Waals surface area contributed by atoms with Gasteiger partial charge in [0.05, 0.1) is 11.7 Å². The minimum Gasteiger partial charge on any atom is -0.308 e. The lowest BCUT2D eigenvalue weighted by atomic mass is 10.1. The second kappa shape index (κ2) is 4.50. The molecule has 1 unspecified atom stereocenters. The molecule has 0 bridgehead atoms. The SMILES string of the molecule is CCc1nn(C)cc1C(NC)C(F)F. The van der Waals surface area contributed by atoms with Gasteiger partial charge in [0.25, 0.3) is 6.43 Å². The van der Waals surface area contributed by atoms with E-state index in [9.17, 15) is 8.78 Å². The maximum Gasteiger partial charge on any atom is 0.257 e. The molecule has 1 aromatic heterocycles. The highest BCUT2D eigenvalue weighted by atomic mass is 19.3. The van der Waals surface area contributed by atoms with Crippen LogP contribution in [0.4, 0.5) is 8.78 Å². The van der Waals surface area contributed by atoms with Crippen LogP contribution >= 0.6 is 0 Å². The van der Waals surface area contributed by atoms with E-state index in [-0.39, 0.29) is 0 Å². The summed E-state index contributed by atoms with van der Waals surface area (Å²) in [6.45, 7) is 1.91. The minimum absolute atomic E-state index is 0.590. The zero-order chi connectivity index (χ0) is 10.7. The average molecular weight is 203 g/mol. The highest BCUT2D eigenvalue weighted by molar-refractivity contribution is 5.22. The molecule has 1 rings (SSSR count). The van der Waals surface area contributed by atoms with Crippen molar-refractivity contribution in [3.05, 3.63) is 17.5 Å². The Morgan fingerprint density at radius 2 is 2.21 bits per heavy atom. The summed E-state index contributed by atoms with van der Waals surface area (Å²) in [6, 6.07) is -0.918. The molecule has 0 saturated carbocycles. The first-order chi connectivity index (χ1) is 6.60. The maximum atomic E-state index is 12.6. The monoisotopic (exact) mass is 203 g/mol. The van der Waals surface area contributed by atoms with E-state index in [1.165, 1.54) is 7.05 Å². The van der Waals surface area contributed by atoms with Crippen molar-refractivity contribution in [3.63, 3.8) is 0 Å². The summed E-state index contributed by atoms with van der Waals surface area (Å²) in [6.07, 6.45) is -0.0951. The summed E-state index contributed by atoms with van der Waals surface area (Å²) in [4.78, 5) is 0. The van der Waals surface area contributed by atoms with Gasteiger partial charge in [0.15, 0.2) is 0 Å². The molecule has 0 aliphatic rings. The molecule has 0 aliphatic heterocycles. The fraction of sp³-hybridized carbons (Fsp3) is 0.667. The van der Waals surface area contributed by atoms with Crippen molar-refractivity contribution in [1.82, 2.24) is 15.1 Å². The molecule has 3 nitrogen and oxygen atoms in total. The van der Waals surface area contributed by atoms with E-state index in [2.05, 4.69) is 10.4 Å². The van der Waals surface area contributed by atoms with Crippen molar-refractivity contribution >= 4 is 0 Å². The van der Waals surface area contributed by atoms with Gasteiger partial charge >= 0.3 is 0 Å². The highest BCUT2D eigenvalue weighted by Crippen LogP contribution is 2.23. The van der Waals surface area contributed by atoms with E-state index < -0.39 is 12.5 Å². The van der Waals surface area contributed by atoms with Crippen molar-refractivity contribution in [1.29, 1.82) is 0 Å². The van der Waals surface area contributed by atoms with Gasteiger partial charge in [-0.3, -0.25) is 4.68 Å². The third-order valence-electron chi connectivity index (χ3n) is 2.17. The zero-order valence-corrected chi connectivity index (χ0v) is 8.59. The lowest BCUT2D eigenvalue weighted by Gasteiger charge is -2.14. The van der Waals surface area contributed by atoms with Gasteiger partial charge < -0.3 is 5.32 Å². The van der Waals surface area contributed by atoms with Crippen molar-refractivity contribution in [3.8, 4) is 0 Å². The Bertz CT molecular complexity index is 296. The van der Waals surface area contributed by atoms with Gasteiger partial charge in [-0.15, -0.1) is 0 Å². The summed E-state index contributed by atoms with van der Waals surface area (Å²) in [5.41, 5.74) is 1.32. The van der Waals surface area contributed by atoms with Crippen LogP contribution in [-0.2, 0) is 13.5 Å². The van der Waals surface area contributed by atoms with Crippen LogP contribution in [0, 0.1) is 0 Å². The van der Waals surface area contributed by atoms with Gasteiger partial charge in [-0.2, -0.15) is 5.10 Å². The molecule has 5 heteroatoms. The quantitative estimate of drug-likeness (QED) is 0.803. The molecule has 0 saturated heterocycles. The number of hydrogen-bond acceptors (Lipinski definition) is 2. The standard InChI is InChI=1S/C9H15F2N3/c1-4-7-6(5-14(3)13-7)8(12-2)9(10)11/h5,8-9,12H,4H2,1-3H3. The van der Waals surface area contributed by atoms with Crippen LogP contribution in [0.25, 0.3) is 0 Å². The summed E-state index contributed by atoms with van der Waals surface area (Å²) in [5, 5.41) is 6.73. The summed E-state index contributed by atoms with van der Waals surface area (Å²) in [7, 11) is 3.27. The third kappa shape index (κ3) is 2.09. The number of nitrogens with one attached hydrogen (secondary N) is 1. The first-order valence-electron chi connectivity index (χ1n) is 4.58. The van der Waals surface area contributed by atoms with Crippen LogP contribution in [0.2, 0.25) is 0 Å². The normalized spacial score (nSPS) is 13.6. The predicted octanol–water partition coefficient (Wildman–Crippen LogP) is 1.51. The molecule has 1 aromatic rings. The Balaban J connectivity index is 3.02. The summed E-state index contributed by atoms with van der Waals surface area (Å²) in [5.74, 6) is 0. The molecule has 1 N–H and O–H groups in total. The van der Waals surface area contributed by atoms with Gasteiger partial charge in [-0.1, -0.05) is 6.92 Å². The smallest absolute Gasteiger partial charge is 0.257 e. The van der Waals surface area contributed by atoms with E-state index in [0.29, 0.717) is 12.0 Å². The van der Waals surface area contributed by atoms with Crippen LogP contribution in [0.3, 0.4) is 0 Å². The Morgan fingerprint density at radius 3 is 2.64 bits per heavy atom. The second-order valence-corrected chi connectivity index (χ2v) is 3.16. The molecule has 0 amide bonds. The molecule has 80 valence electrons. The van der Waals surface area contributed by atoms with Crippen LogP contribution in [0.1, 0.15) is 24.2 Å². The Labute approximate surface area is 82.1 Å². The summed E-state index contributed by atoms with van der Waals surface area (Å²) < 4.78 is 26.8. The number of aryl methyl sites for hydroxylation is 2. The topological polar surface area (TPSA) is 29.9 Å². The van der Waals surface area contributed by atoms with Crippen molar-refractivity contribution in [2.75, 3.05) is 7.05 Å². The minimum atomic E-state index is -2.41. The van der Waals surface area contributed by atoms with E-state index in [4.69, 9.17) is 0 Å². The Hall–Kier alpha value is -0.970. The molecule has 0 aromatic carbocycles. The second-order valence-electron chi connectivity index (χ2n) is 3.16. The van der Waals surface area contributed by atoms with Gasteiger partial charge in [0.1, 0.15) is 0 Å². The van der Waals surface area contributed by atoms with Gasteiger partial charge in [-0.25, -0.2) is 8.78 Å². The molecule has 1 heterocycles. The number of rotatable bonds is 4. The molecule has 0 aliphatic carbocycles. The van der Waals surface area contributed by atoms with E-state index in [1.54, 1.807) is 17.9 Å². The number of hydrogen-bond donors (Lipinski definition) is 1. The van der Waals surface area contributed by atoms with E-state index in [1.807, 2.05) is 6.92 Å². The predicted molar refractivity (Wildman–Crippen MR) is 50.4 cm³/mol. The fourth-order valence-corrected chi connectivity index (χ4v) is 1.50. The molecular formula is C9H15F2N3. The lowest BCUT2D eigenvalue weighted by molar-refractivity contribution is 0.102. The molecule has 1 atom stereocenters. The van der Waals surface area contributed by atoms with Crippen LogP contribution in [0.15, 0.2) is 6.20 Å². The molecule has 0 radical (unpaired) electrons. The third-order valence-corrected chi connectivity index (χ3v) is 2.17. The highest BCUT2D eigenvalue weighted by Gasteiger charge is 2.24. The Morgan fingerprint density at radius 1 is 1.57 bits per heavy atom. The van der Waals surface area contributed by atoms with Crippen LogP contribution < -0.4 is 5.32 Å². The summed E-state index contributed by atoms with van der Waals surface area (Å²) >= 11 is 0. The molecular weight excluding hydrogens is 188 g/mol. The largest absolute Gasteiger partial charge is 0.308 e. The van der Waals surface area contributed by atoms with E-state index >= 15 is 0 Å². The number of aromatic nitrogens is 2. The maximum absolute atomic E-state index is 12.6. The van der Waals surface area contributed by atoms with Gasteiger partial charge in [0.2, 0.25) is 0 Å². The fourth-order valence-electron chi connectivity index (χ4n) is 1.50. The van der Waals surface area contributed by atoms with Gasteiger partial charge in [-0.05, 0) is 13.5 Å². The zero-order valence-electron chi connectivity index (χ0n) is 8.59. The molecule has 0 fully saturated rings. The molecule has 14 heavy (non-hydrogen) atoms. The van der Waals surface area contributed by atoms with E-state index in [0.717, 1.165) is 5.69 Å². The molecule has 0 spiro atoms. The Kier molecular flexibility index (Phi) is 3.57. The van der Waals surface area contributed by atoms with Crippen LogP contribution in [0.5, 0.6) is 0 Å². The first kappa shape index (κ1) is 11.1. The van der Waals surface area contributed by atoms with Crippen LogP contribution in [-0.4, -0.2) is 23.3 Å². The number of nitrogens with zero attached hydrogens (tertiary/aromatic N) is 2. The average Bonchev–Trinajstić information content (AvgIpc) is 2.47. The number of alkyl halides is 2. The van der Waals surface area contributed by atoms with Crippen molar-refractivity contribution in [2.45, 2.75) is 25.8 Å². The number of halogens is 2. The first-order valence-corrected chi connectivity index (χ1v) is 4.58. The lowest BCUT2D eigenvalue weighted by Crippen LogP contribution is -2.24. The van der Waals surface area contributed by atoms with Gasteiger partial charge in [0, 0.05) is 18.8 Å². The van der Waals surface area contributed by atoms with Crippen molar-refractivity contribution in [2.24, 2.45) is 7.05 Å².